The molecular weight excluding hydrogens is 324 g/mol. The van der Waals surface area contributed by atoms with Crippen LogP contribution in [0.4, 0.5) is 0 Å². The van der Waals surface area contributed by atoms with Crippen molar-refractivity contribution in [2.45, 2.75) is 16.7 Å². The summed E-state index contributed by atoms with van der Waals surface area (Å²) in [5, 5.41) is 1.79. The maximum absolute atomic E-state index is 12.4. The van der Waals surface area contributed by atoms with Crippen LogP contribution in [0.1, 0.15) is 6.42 Å². The van der Waals surface area contributed by atoms with Gasteiger partial charge in [-0.05, 0) is 47.9 Å². The van der Waals surface area contributed by atoms with Crippen molar-refractivity contribution in [3.05, 3.63) is 15.9 Å². The first kappa shape index (κ1) is 13.5. The minimum atomic E-state index is -3.31. The van der Waals surface area contributed by atoms with Gasteiger partial charge in [-0.3, -0.25) is 0 Å². The van der Waals surface area contributed by atoms with Gasteiger partial charge in [0, 0.05) is 23.6 Å². The first-order chi connectivity index (χ1) is 7.93. The Hall–Kier alpha value is 0.0500. The highest BCUT2D eigenvalue weighted by molar-refractivity contribution is 9.10. The molecular formula is C10H15BrN2O2S2. The first-order valence-corrected chi connectivity index (χ1v) is 8.44. The number of sulfonamides is 1. The molecule has 1 aromatic heterocycles. The zero-order valence-corrected chi connectivity index (χ0v) is 13.0. The zero-order chi connectivity index (χ0) is 12.6. The second-order valence-corrected chi connectivity index (χ2v) is 8.23. The third-order valence-electron chi connectivity index (χ3n) is 3.02. The third kappa shape index (κ3) is 2.58. The van der Waals surface area contributed by atoms with Gasteiger partial charge in [-0.15, -0.1) is 11.3 Å². The van der Waals surface area contributed by atoms with Gasteiger partial charge < -0.3 is 4.90 Å². The molecule has 1 aliphatic heterocycles. The molecule has 17 heavy (non-hydrogen) atoms. The zero-order valence-electron chi connectivity index (χ0n) is 9.76. The van der Waals surface area contributed by atoms with E-state index in [4.69, 9.17) is 0 Å². The number of hydrogen-bond donors (Lipinski definition) is 0. The number of likely N-dealkylation sites (N-methyl/N-ethyl adjacent to an activating group) is 1. The first-order valence-electron chi connectivity index (χ1n) is 5.32. The van der Waals surface area contributed by atoms with Crippen LogP contribution in [0.2, 0.25) is 0 Å². The van der Waals surface area contributed by atoms with E-state index in [1.807, 2.05) is 14.1 Å². The number of halogens is 1. The Morgan fingerprint density at radius 2 is 2.24 bits per heavy atom. The molecule has 0 aromatic carbocycles. The molecule has 1 aromatic rings. The summed E-state index contributed by atoms with van der Waals surface area (Å²) in [4.78, 5) is 2.08. The van der Waals surface area contributed by atoms with Gasteiger partial charge in [0.15, 0.2) is 0 Å². The van der Waals surface area contributed by atoms with Gasteiger partial charge in [-0.25, -0.2) is 8.42 Å². The lowest BCUT2D eigenvalue weighted by molar-refractivity contribution is 0.302. The summed E-state index contributed by atoms with van der Waals surface area (Å²) >= 11 is 4.55. The van der Waals surface area contributed by atoms with Crippen molar-refractivity contribution in [1.29, 1.82) is 0 Å². The normalized spacial score (nSPS) is 22.5. The maximum Gasteiger partial charge on any atom is 0.253 e. The molecule has 0 aliphatic carbocycles. The second-order valence-electron chi connectivity index (χ2n) is 4.33. The molecule has 0 amide bonds. The Morgan fingerprint density at radius 1 is 1.53 bits per heavy atom. The van der Waals surface area contributed by atoms with Crippen molar-refractivity contribution in [1.82, 2.24) is 9.21 Å². The van der Waals surface area contributed by atoms with Gasteiger partial charge in [-0.1, -0.05) is 0 Å². The van der Waals surface area contributed by atoms with Crippen LogP contribution in [0.15, 0.2) is 20.1 Å². The minimum Gasteiger partial charge on any atom is -0.305 e. The molecule has 1 atom stereocenters. The van der Waals surface area contributed by atoms with Gasteiger partial charge in [0.2, 0.25) is 0 Å². The van der Waals surface area contributed by atoms with Gasteiger partial charge in [0.05, 0.1) is 0 Å². The van der Waals surface area contributed by atoms with E-state index in [2.05, 4.69) is 20.8 Å². The average molecular weight is 339 g/mol. The number of nitrogens with zero attached hydrogens (tertiary/aromatic N) is 2. The van der Waals surface area contributed by atoms with E-state index in [0.29, 0.717) is 27.8 Å². The van der Waals surface area contributed by atoms with Gasteiger partial charge >= 0.3 is 0 Å². The third-order valence-corrected chi connectivity index (χ3v) is 7.53. The Kier molecular flexibility index (Phi) is 3.94. The molecule has 0 saturated carbocycles. The molecule has 4 nitrogen and oxygen atoms in total. The average Bonchev–Trinajstić information content (AvgIpc) is 2.84. The lowest BCUT2D eigenvalue weighted by Crippen LogP contribution is -2.34. The molecule has 1 unspecified atom stereocenters. The fraction of sp³-hybridized carbons (Fsp3) is 0.600. The Bertz CT molecular complexity index is 498. The minimum absolute atomic E-state index is 0.323. The Morgan fingerprint density at radius 3 is 2.71 bits per heavy atom. The second kappa shape index (κ2) is 4.97. The molecule has 1 aliphatic rings. The quantitative estimate of drug-likeness (QED) is 0.844. The molecule has 1 fully saturated rings. The van der Waals surface area contributed by atoms with Crippen LogP contribution in [0, 0.1) is 0 Å². The summed E-state index contributed by atoms with van der Waals surface area (Å²) in [6.45, 7) is 1.19. The van der Waals surface area contributed by atoms with Gasteiger partial charge in [0.25, 0.3) is 10.0 Å². The Balaban J connectivity index is 2.22. The van der Waals surface area contributed by atoms with Crippen molar-refractivity contribution in [3.8, 4) is 0 Å². The SMILES string of the molecule is CN(C)C1CCN(S(=O)(=O)c2sccc2Br)C1. The topological polar surface area (TPSA) is 40.6 Å². The molecule has 1 saturated heterocycles. The van der Waals surface area contributed by atoms with Crippen LogP contribution in [-0.2, 0) is 10.0 Å². The summed E-state index contributed by atoms with van der Waals surface area (Å²) in [6, 6.07) is 2.10. The van der Waals surface area contributed by atoms with Crippen molar-refractivity contribution < 1.29 is 8.42 Å². The summed E-state index contributed by atoms with van der Waals surface area (Å²) in [5.41, 5.74) is 0. The fourth-order valence-electron chi connectivity index (χ4n) is 1.93. The highest BCUT2D eigenvalue weighted by atomic mass is 79.9. The molecule has 0 bridgehead atoms. The van der Waals surface area contributed by atoms with E-state index in [9.17, 15) is 8.42 Å². The molecule has 0 radical (unpaired) electrons. The monoisotopic (exact) mass is 338 g/mol. The van der Waals surface area contributed by atoms with Crippen molar-refractivity contribution >= 4 is 37.3 Å². The van der Waals surface area contributed by atoms with Crippen molar-refractivity contribution in [3.63, 3.8) is 0 Å². The predicted octanol–water partition coefficient (Wildman–Crippen LogP) is 1.84. The van der Waals surface area contributed by atoms with Crippen LogP contribution >= 0.6 is 27.3 Å². The van der Waals surface area contributed by atoms with Crippen molar-refractivity contribution in [2.75, 3.05) is 27.2 Å². The summed E-state index contributed by atoms with van der Waals surface area (Å²) < 4.78 is 27.4. The van der Waals surface area contributed by atoms with Crippen LogP contribution in [0.3, 0.4) is 0 Å². The van der Waals surface area contributed by atoms with E-state index in [-0.39, 0.29) is 0 Å². The van der Waals surface area contributed by atoms with E-state index >= 15 is 0 Å². The molecule has 0 spiro atoms. The summed E-state index contributed by atoms with van der Waals surface area (Å²) in [7, 11) is 0.662. The maximum atomic E-state index is 12.4. The standard InChI is InChI=1S/C10H15BrN2O2S2/c1-12(2)8-3-5-13(7-8)17(14,15)10-9(11)4-6-16-10/h4,6,8H,3,5,7H2,1-2H3. The summed E-state index contributed by atoms with van der Waals surface area (Å²) in [6.07, 6.45) is 0.898. The molecule has 7 heteroatoms. The number of thiophene rings is 1. The molecule has 96 valence electrons. The smallest absolute Gasteiger partial charge is 0.253 e. The Labute approximate surface area is 114 Å². The van der Waals surface area contributed by atoms with Crippen LogP contribution < -0.4 is 0 Å². The van der Waals surface area contributed by atoms with E-state index in [1.54, 1.807) is 15.8 Å². The fourth-order valence-corrected chi connectivity index (χ4v) is 5.87. The van der Waals surface area contributed by atoms with Crippen LogP contribution in [0.25, 0.3) is 0 Å². The number of hydrogen-bond acceptors (Lipinski definition) is 4. The summed E-state index contributed by atoms with van der Waals surface area (Å²) in [5.74, 6) is 0. The van der Waals surface area contributed by atoms with E-state index in [0.717, 1.165) is 6.42 Å². The molecule has 0 N–H and O–H groups in total. The molecule has 2 heterocycles. The van der Waals surface area contributed by atoms with Crippen LogP contribution in [0.5, 0.6) is 0 Å². The van der Waals surface area contributed by atoms with Crippen LogP contribution in [-0.4, -0.2) is 50.8 Å². The lowest BCUT2D eigenvalue weighted by atomic mass is 10.2. The largest absolute Gasteiger partial charge is 0.305 e. The molecule has 2 rings (SSSR count). The van der Waals surface area contributed by atoms with Crippen molar-refractivity contribution in [2.24, 2.45) is 0 Å². The lowest BCUT2D eigenvalue weighted by Gasteiger charge is -2.19. The highest BCUT2D eigenvalue weighted by Gasteiger charge is 2.34. The van der Waals surface area contributed by atoms with E-state index < -0.39 is 10.0 Å². The van der Waals surface area contributed by atoms with Gasteiger partial charge in [0.1, 0.15) is 4.21 Å². The van der Waals surface area contributed by atoms with E-state index in [1.165, 1.54) is 11.3 Å². The van der Waals surface area contributed by atoms with Gasteiger partial charge in [-0.2, -0.15) is 4.31 Å². The highest BCUT2D eigenvalue weighted by Crippen LogP contribution is 2.32. The number of rotatable bonds is 3. The predicted molar refractivity (Wildman–Crippen MR) is 72.9 cm³/mol.